The second-order valence-electron chi connectivity index (χ2n) is 12.0. The molecule has 0 saturated carbocycles. The van der Waals surface area contributed by atoms with E-state index in [1.807, 2.05) is 67.6 Å². The lowest BCUT2D eigenvalue weighted by molar-refractivity contribution is -0.123. The molecule has 3 N–H and O–H groups in total. The van der Waals surface area contributed by atoms with Gasteiger partial charge in [-0.25, -0.2) is 19.6 Å². The molecular weight excluding hydrogens is 666 g/mol. The number of aliphatic hydroxyl groups excluding tert-OH is 1. The van der Waals surface area contributed by atoms with Gasteiger partial charge >= 0.3 is 12.1 Å². The highest BCUT2D eigenvalue weighted by Crippen LogP contribution is 2.26. The summed E-state index contributed by atoms with van der Waals surface area (Å²) in [5, 5.41) is 16.9. The van der Waals surface area contributed by atoms with Crippen molar-refractivity contribution in [2.75, 3.05) is 12.4 Å². The van der Waals surface area contributed by atoms with Crippen molar-refractivity contribution in [2.24, 2.45) is 0 Å². The predicted molar refractivity (Wildman–Crippen MR) is 191 cm³/mol. The molecule has 2 heterocycles. The monoisotopic (exact) mass is 701 g/mol. The van der Waals surface area contributed by atoms with E-state index in [4.69, 9.17) is 13.9 Å². The molecule has 0 aliphatic heterocycles. The normalized spacial score (nSPS) is 12.1. The highest BCUT2D eigenvalue weighted by Gasteiger charge is 2.29. The SMILES string of the molecule is COC(=O)c1ccc2oc(C(O)C(Cc3ccccc3)NC(=O)Cn3c(-c4cccc(C)c4)ncc(NC(=O)OCc4ccccc4)c3=O)nc2c1. The third kappa shape index (κ3) is 8.40. The van der Waals surface area contributed by atoms with E-state index in [0.717, 1.165) is 21.3 Å². The maximum atomic E-state index is 13.9. The van der Waals surface area contributed by atoms with Crippen LogP contribution in [-0.4, -0.2) is 50.8 Å². The molecule has 2 atom stereocenters. The summed E-state index contributed by atoms with van der Waals surface area (Å²) >= 11 is 0. The molecule has 52 heavy (non-hydrogen) atoms. The van der Waals surface area contributed by atoms with Gasteiger partial charge in [-0.05, 0) is 48.7 Å². The first-order valence-corrected chi connectivity index (χ1v) is 16.3. The molecule has 0 bridgehead atoms. The van der Waals surface area contributed by atoms with Crippen molar-refractivity contribution in [1.82, 2.24) is 19.9 Å². The molecule has 2 amide bonds. The van der Waals surface area contributed by atoms with Gasteiger partial charge in [-0.2, -0.15) is 0 Å². The average Bonchev–Trinajstić information content (AvgIpc) is 3.59. The Morgan fingerprint density at radius 2 is 1.65 bits per heavy atom. The minimum Gasteiger partial charge on any atom is -0.465 e. The van der Waals surface area contributed by atoms with E-state index in [-0.39, 0.29) is 36.0 Å². The zero-order valence-electron chi connectivity index (χ0n) is 28.3. The van der Waals surface area contributed by atoms with Crippen LogP contribution in [0.3, 0.4) is 0 Å². The lowest BCUT2D eigenvalue weighted by Crippen LogP contribution is -2.44. The van der Waals surface area contributed by atoms with Gasteiger partial charge in [0.05, 0.1) is 24.9 Å². The number of amides is 2. The molecule has 0 radical (unpaired) electrons. The maximum Gasteiger partial charge on any atom is 0.412 e. The van der Waals surface area contributed by atoms with Gasteiger partial charge < -0.3 is 24.3 Å². The van der Waals surface area contributed by atoms with Crippen LogP contribution in [0, 0.1) is 6.92 Å². The Balaban J connectivity index is 1.28. The second-order valence-corrected chi connectivity index (χ2v) is 12.0. The Bertz CT molecular complexity index is 2270. The Hall–Kier alpha value is -6.60. The van der Waals surface area contributed by atoms with Gasteiger partial charge in [0, 0.05) is 5.56 Å². The van der Waals surface area contributed by atoms with E-state index in [0.29, 0.717) is 16.7 Å². The summed E-state index contributed by atoms with van der Waals surface area (Å²) in [5.41, 5.74) is 3.03. The van der Waals surface area contributed by atoms with E-state index in [1.165, 1.54) is 25.4 Å². The van der Waals surface area contributed by atoms with E-state index >= 15 is 0 Å². The van der Waals surface area contributed by atoms with Crippen molar-refractivity contribution in [3.8, 4) is 11.4 Å². The largest absolute Gasteiger partial charge is 0.465 e. The summed E-state index contributed by atoms with van der Waals surface area (Å²) in [7, 11) is 1.27. The van der Waals surface area contributed by atoms with Crippen molar-refractivity contribution >= 4 is 34.8 Å². The number of hydrogen-bond donors (Lipinski definition) is 3. The Morgan fingerprint density at radius 1 is 0.923 bits per heavy atom. The number of fused-ring (bicyclic) bond motifs is 1. The van der Waals surface area contributed by atoms with Crippen LogP contribution in [-0.2, 0) is 33.8 Å². The predicted octanol–water partition coefficient (Wildman–Crippen LogP) is 5.36. The average molecular weight is 702 g/mol. The van der Waals surface area contributed by atoms with Gasteiger partial charge in [0.1, 0.15) is 30.2 Å². The summed E-state index contributed by atoms with van der Waals surface area (Å²) < 4.78 is 17.1. The number of nitrogens with one attached hydrogen (secondary N) is 2. The van der Waals surface area contributed by atoms with Crippen molar-refractivity contribution in [3.63, 3.8) is 0 Å². The third-order valence-corrected chi connectivity index (χ3v) is 8.18. The van der Waals surface area contributed by atoms with Crippen molar-refractivity contribution < 1.29 is 33.4 Å². The van der Waals surface area contributed by atoms with Crippen LogP contribution in [0.5, 0.6) is 0 Å². The van der Waals surface area contributed by atoms with Crippen LogP contribution in [0.4, 0.5) is 10.5 Å². The maximum absolute atomic E-state index is 13.9. The minimum atomic E-state index is -1.43. The first kappa shape index (κ1) is 35.2. The molecule has 0 saturated heterocycles. The van der Waals surface area contributed by atoms with Gasteiger partial charge in [-0.3, -0.25) is 19.5 Å². The molecule has 6 rings (SSSR count). The van der Waals surface area contributed by atoms with Crippen molar-refractivity contribution in [2.45, 2.75) is 38.6 Å². The van der Waals surface area contributed by atoms with Crippen LogP contribution in [0.15, 0.2) is 119 Å². The molecule has 13 nitrogen and oxygen atoms in total. The summed E-state index contributed by atoms with van der Waals surface area (Å²) in [6.07, 6.45) is -0.909. The highest BCUT2D eigenvalue weighted by molar-refractivity contribution is 5.93. The number of oxazole rings is 1. The number of carbonyl (C=O) groups is 3. The smallest absolute Gasteiger partial charge is 0.412 e. The molecule has 13 heteroatoms. The van der Waals surface area contributed by atoms with E-state index < -0.39 is 42.2 Å². The molecule has 0 spiro atoms. The Morgan fingerprint density at radius 3 is 2.37 bits per heavy atom. The van der Waals surface area contributed by atoms with Gasteiger partial charge in [-0.1, -0.05) is 84.4 Å². The summed E-state index contributed by atoms with van der Waals surface area (Å²) in [6, 6.07) is 29.1. The second kappa shape index (κ2) is 16.0. The number of anilines is 1. The molecule has 0 fully saturated rings. The molecule has 0 aliphatic rings. The summed E-state index contributed by atoms with van der Waals surface area (Å²) in [5.74, 6) is -1.09. The van der Waals surface area contributed by atoms with Crippen LogP contribution in [0.25, 0.3) is 22.5 Å². The zero-order valence-corrected chi connectivity index (χ0v) is 28.3. The zero-order chi connectivity index (χ0) is 36.6. The number of hydrogen-bond acceptors (Lipinski definition) is 10. The van der Waals surface area contributed by atoms with E-state index in [1.54, 1.807) is 30.3 Å². The quantitative estimate of drug-likeness (QED) is 0.141. The van der Waals surface area contributed by atoms with Gasteiger partial charge in [0.25, 0.3) is 5.56 Å². The lowest BCUT2D eigenvalue weighted by Gasteiger charge is -2.23. The van der Waals surface area contributed by atoms with E-state index in [9.17, 15) is 24.3 Å². The molecule has 264 valence electrons. The molecule has 6 aromatic rings. The first-order chi connectivity index (χ1) is 25.2. The van der Waals surface area contributed by atoms with Crippen LogP contribution >= 0.6 is 0 Å². The standard InChI is InChI=1S/C39H35N5O8/c1-24-10-9-15-27(18-24)35-40-21-31(43-39(49)51-23-26-13-7-4-8-14-26)37(47)44(35)22-33(45)41-30(19-25-11-5-3-6-12-25)34(46)36-42-29-20-28(38(48)50-2)16-17-32(29)52-36/h3-18,20-21,30,34,46H,19,22-23H2,1-2H3,(H,41,45)(H,43,49). The Kier molecular flexibility index (Phi) is 10.8. The number of benzene rings is 4. The molecular formula is C39H35N5O8. The first-order valence-electron chi connectivity index (χ1n) is 16.3. The number of carbonyl (C=O) groups excluding carboxylic acids is 3. The number of esters is 1. The topological polar surface area (TPSA) is 175 Å². The summed E-state index contributed by atoms with van der Waals surface area (Å²) in [4.78, 5) is 61.3. The molecule has 4 aromatic carbocycles. The number of methoxy groups -OCH3 is 1. The fraction of sp³-hybridized carbons (Fsp3) is 0.179. The van der Waals surface area contributed by atoms with Crippen LogP contribution in [0.1, 0.15) is 39.0 Å². The summed E-state index contributed by atoms with van der Waals surface area (Å²) in [6.45, 7) is 1.35. The van der Waals surface area contributed by atoms with Gasteiger partial charge in [0.15, 0.2) is 11.7 Å². The molecule has 2 aromatic heterocycles. The third-order valence-electron chi connectivity index (χ3n) is 8.18. The fourth-order valence-corrected chi connectivity index (χ4v) is 5.60. The van der Waals surface area contributed by atoms with Crippen molar-refractivity contribution in [3.05, 3.63) is 148 Å². The number of rotatable bonds is 12. The molecule has 2 unspecified atom stereocenters. The van der Waals surface area contributed by atoms with Gasteiger partial charge in [0.2, 0.25) is 11.8 Å². The van der Waals surface area contributed by atoms with Crippen LogP contribution in [0.2, 0.25) is 0 Å². The lowest BCUT2D eigenvalue weighted by atomic mass is 10.0. The Labute approximate surface area is 297 Å². The van der Waals surface area contributed by atoms with Crippen molar-refractivity contribution in [1.29, 1.82) is 0 Å². The number of aryl methyl sites for hydroxylation is 1. The van der Waals surface area contributed by atoms with Crippen LogP contribution < -0.4 is 16.2 Å². The highest BCUT2D eigenvalue weighted by atomic mass is 16.5. The number of aromatic nitrogens is 3. The minimum absolute atomic E-state index is 0.0181. The number of ether oxygens (including phenoxy) is 2. The number of nitrogens with zero attached hydrogens (tertiary/aromatic N) is 3. The number of aliphatic hydroxyl groups is 1. The van der Waals surface area contributed by atoms with E-state index in [2.05, 4.69) is 20.6 Å². The molecule has 0 aliphatic carbocycles. The fourth-order valence-electron chi connectivity index (χ4n) is 5.60. The van der Waals surface area contributed by atoms with Gasteiger partial charge in [-0.15, -0.1) is 0 Å².